The fraction of sp³-hybridized carbons (Fsp3) is 0.143. The summed E-state index contributed by atoms with van der Waals surface area (Å²) in [5.74, 6) is 0. The number of anilines is 1. The smallest absolute Gasteiger partial charge is 0.0314 e. The first-order valence-electron chi connectivity index (χ1n) is 3.86. The molecule has 0 heterocycles. The van der Waals surface area contributed by atoms with Crippen molar-refractivity contribution in [2.75, 3.05) is 5.73 Å². The normalized spacial score (nSPS) is 16.2. The van der Waals surface area contributed by atoms with Crippen LogP contribution >= 0.6 is 0 Å². The second kappa shape index (κ2) is 1.86. The molecule has 0 saturated heterocycles. The molecular weight excluding hydrogens is 98.1 g/mol. The summed E-state index contributed by atoms with van der Waals surface area (Å²) < 4.78 is 21.1. The first-order valence-corrected chi connectivity index (χ1v) is 2.36. The quantitative estimate of drug-likeness (QED) is 0.504. The third kappa shape index (κ3) is 0.997. The molecule has 0 aliphatic rings. The first-order chi connectivity index (χ1) is 5.00. The fourth-order valence-electron chi connectivity index (χ4n) is 0.483. The maximum atomic E-state index is 7.04. The van der Waals surface area contributed by atoms with Crippen molar-refractivity contribution in [3.8, 4) is 0 Å². The fourth-order valence-corrected chi connectivity index (χ4v) is 0.483. The van der Waals surface area contributed by atoms with E-state index in [4.69, 9.17) is 9.85 Å². The Balaban J connectivity index is 2.99. The van der Waals surface area contributed by atoms with E-state index in [-0.39, 0.29) is 0 Å². The second-order valence-corrected chi connectivity index (χ2v) is 1.62. The molecule has 0 aliphatic heterocycles. The Kier molecular flexibility index (Phi) is 0.591. The van der Waals surface area contributed by atoms with Crippen LogP contribution in [0.15, 0.2) is 24.3 Å². The number of aryl methyl sites for hydroxylation is 1. The molecule has 1 nitrogen and oxygen atoms in total. The average molecular weight is 110 g/mol. The summed E-state index contributed by atoms with van der Waals surface area (Å²) in [4.78, 5) is 0. The van der Waals surface area contributed by atoms with Crippen LogP contribution in [0.25, 0.3) is 0 Å². The predicted molar refractivity (Wildman–Crippen MR) is 35.6 cm³/mol. The van der Waals surface area contributed by atoms with E-state index in [0.717, 1.165) is 0 Å². The van der Waals surface area contributed by atoms with E-state index >= 15 is 0 Å². The molecule has 1 heteroatoms. The van der Waals surface area contributed by atoms with Crippen molar-refractivity contribution in [2.45, 2.75) is 6.85 Å². The van der Waals surface area contributed by atoms with Crippen LogP contribution in [0.4, 0.5) is 5.69 Å². The Morgan fingerprint density at radius 2 is 2.00 bits per heavy atom. The summed E-state index contributed by atoms with van der Waals surface area (Å²) in [5, 5.41) is 0. The zero-order chi connectivity index (χ0) is 8.48. The lowest BCUT2D eigenvalue weighted by Crippen LogP contribution is -1.81. The number of hydrogen-bond acceptors (Lipinski definition) is 1. The third-order valence-electron chi connectivity index (χ3n) is 0.911. The monoisotopic (exact) mass is 110 g/mol. The van der Waals surface area contributed by atoms with Crippen molar-refractivity contribution in [2.24, 2.45) is 0 Å². The summed E-state index contributed by atoms with van der Waals surface area (Å²) in [7, 11) is 0. The molecule has 8 heavy (non-hydrogen) atoms. The molecule has 0 aromatic heterocycles. The molecule has 1 aromatic rings. The summed E-state index contributed by atoms with van der Waals surface area (Å²) >= 11 is 0. The van der Waals surface area contributed by atoms with E-state index in [1.54, 1.807) is 12.1 Å². The highest BCUT2D eigenvalue weighted by Gasteiger charge is 1.80. The van der Waals surface area contributed by atoms with Gasteiger partial charge in [0.2, 0.25) is 0 Å². The van der Waals surface area contributed by atoms with Gasteiger partial charge in [-0.2, -0.15) is 0 Å². The topological polar surface area (TPSA) is 26.0 Å². The van der Waals surface area contributed by atoms with E-state index in [9.17, 15) is 0 Å². The SMILES string of the molecule is [2H]C([2H])([2H])c1ccc(N)cc1. The lowest BCUT2D eigenvalue weighted by Gasteiger charge is -1.90. The van der Waals surface area contributed by atoms with Gasteiger partial charge in [0.15, 0.2) is 0 Å². The molecule has 0 spiro atoms. The van der Waals surface area contributed by atoms with Crippen LogP contribution in [-0.4, -0.2) is 0 Å². The molecule has 0 radical (unpaired) electrons. The Labute approximate surface area is 53.4 Å². The van der Waals surface area contributed by atoms with Crippen molar-refractivity contribution in [3.63, 3.8) is 0 Å². The van der Waals surface area contributed by atoms with E-state index in [1.807, 2.05) is 0 Å². The number of nitrogen functional groups attached to an aromatic ring is 1. The van der Waals surface area contributed by atoms with Gasteiger partial charge in [0.25, 0.3) is 0 Å². The largest absolute Gasteiger partial charge is 0.399 e. The van der Waals surface area contributed by atoms with Gasteiger partial charge in [-0.1, -0.05) is 17.7 Å². The summed E-state index contributed by atoms with van der Waals surface area (Å²) in [6.07, 6.45) is 0. The number of benzene rings is 1. The molecule has 0 saturated carbocycles. The minimum absolute atomic E-state index is 0.326. The Morgan fingerprint density at radius 1 is 1.38 bits per heavy atom. The van der Waals surface area contributed by atoms with Gasteiger partial charge in [-0.25, -0.2) is 0 Å². The van der Waals surface area contributed by atoms with Crippen LogP contribution in [0.5, 0.6) is 0 Å². The highest BCUT2D eigenvalue weighted by Crippen LogP contribution is 2.02. The first kappa shape index (κ1) is 2.53. The molecular formula is C7H9N. The van der Waals surface area contributed by atoms with Crippen molar-refractivity contribution in [1.29, 1.82) is 0 Å². The zero-order valence-corrected chi connectivity index (χ0v) is 4.39. The number of hydrogen-bond donors (Lipinski definition) is 1. The summed E-state index contributed by atoms with van der Waals surface area (Å²) in [6, 6.07) is 6.20. The Morgan fingerprint density at radius 3 is 2.50 bits per heavy atom. The standard InChI is InChI=1S/C7H9N/c1-6-2-4-7(8)5-3-6/h2-5H,8H2,1H3/i1D3. The molecule has 0 amide bonds. The summed E-state index contributed by atoms with van der Waals surface area (Å²) in [6.45, 7) is -2.02. The average Bonchev–Trinajstić information content (AvgIpc) is 1.86. The van der Waals surface area contributed by atoms with E-state index in [1.165, 1.54) is 12.1 Å². The molecule has 0 unspecified atom stereocenters. The molecule has 2 N–H and O–H groups in total. The number of rotatable bonds is 0. The van der Waals surface area contributed by atoms with Gasteiger partial charge >= 0.3 is 0 Å². The Bertz CT molecular complexity index is 237. The zero-order valence-electron chi connectivity index (χ0n) is 7.39. The lowest BCUT2D eigenvalue weighted by atomic mass is 10.2. The number of nitrogens with two attached hydrogens (primary N) is 1. The van der Waals surface area contributed by atoms with Crippen molar-refractivity contribution in [1.82, 2.24) is 0 Å². The van der Waals surface area contributed by atoms with E-state index in [2.05, 4.69) is 0 Å². The van der Waals surface area contributed by atoms with Gasteiger partial charge in [0.05, 0.1) is 0 Å². The highest BCUT2D eigenvalue weighted by molar-refractivity contribution is 5.38. The van der Waals surface area contributed by atoms with Crippen LogP contribution in [0.1, 0.15) is 9.68 Å². The maximum Gasteiger partial charge on any atom is 0.0314 e. The van der Waals surface area contributed by atoms with Gasteiger partial charge < -0.3 is 5.73 Å². The minimum atomic E-state index is -2.02. The third-order valence-corrected chi connectivity index (χ3v) is 0.911. The highest BCUT2D eigenvalue weighted by atomic mass is 14.5. The van der Waals surface area contributed by atoms with Crippen LogP contribution < -0.4 is 5.73 Å². The van der Waals surface area contributed by atoms with Gasteiger partial charge in [0, 0.05) is 9.80 Å². The van der Waals surface area contributed by atoms with Gasteiger partial charge in [-0.3, -0.25) is 0 Å². The van der Waals surface area contributed by atoms with Gasteiger partial charge in [0.1, 0.15) is 0 Å². The van der Waals surface area contributed by atoms with Crippen LogP contribution in [0, 0.1) is 6.85 Å². The van der Waals surface area contributed by atoms with Gasteiger partial charge in [-0.05, 0) is 19.0 Å². The molecule has 0 bridgehead atoms. The van der Waals surface area contributed by atoms with Gasteiger partial charge in [-0.15, -0.1) is 0 Å². The van der Waals surface area contributed by atoms with Crippen molar-refractivity contribution >= 4 is 5.69 Å². The van der Waals surface area contributed by atoms with E-state index in [0.29, 0.717) is 11.3 Å². The van der Waals surface area contributed by atoms with Crippen LogP contribution in [0.2, 0.25) is 0 Å². The van der Waals surface area contributed by atoms with Crippen molar-refractivity contribution < 1.29 is 4.11 Å². The minimum Gasteiger partial charge on any atom is -0.399 e. The lowest BCUT2D eigenvalue weighted by molar-refractivity contribution is 1.47. The summed E-state index contributed by atoms with van der Waals surface area (Å²) in [5.41, 5.74) is 6.29. The predicted octanol–water partition coefficient (Wildman–Crippen LogP) is 1.58. The molecule has 0 fully saturated rings. The Hall–Kier alpha value is -0.980. The van der Waals surface area contributed by atoms with Crippen molar-refractivity contribution in [3.05, 3.63) is 29.8 Å². The molecule has 42 valence electrons. The second-order valence-electron chi connectivity index (χ2n) is 1.62. The molecule has 1 aromatic carbocycles. The van der Waals surface area contributed by atoms with Crippen LogP contribution in [-0.2, 0) is 0 Å². The maximum absolute atomic E-state index is 7.04. The molecule has 0 aliphatic carbocycles. The molecule has 1 rings (SSSR count). The van der Waals surface area contributed by atoms with E-state index < -0.39 is 6.85 Å². The van der Waals surface area contributed by atoms with Crippen LogP contribution in [0.3, 0.4) is 0 Å². The molecule has 0 atom stereocenters.